The van der Waals surface area contributed by atoms with Gasteiger partial charge in [0, 0.05) is 29.1 Å². The maximum atomic E-state index is 13.7. The molecule has 0 unspecified atom stereocenters. The molecule has 0 spiro atoms. The van der Waals surface area contributed by atoms with Crippen molar-refractivity contribution in [1.82, 2.24) is 19.9 Å². The number of alkyl halides is 6. The molecule has 0 saturated heterocycles. The number of allylic oxidation sites excluding steroid dienone is 2. The van der Waals surface area contributed by atoms with Crippen molar-refractivity contribution in [3.05, 3.63) is 64.5 Å². The van der Waals surface area contributed by atoms with Gasteiger partial charge in [0.05, 0.1) is 30.0 Å². The number of nitrogens with one attached hydrogen (secondary N) is 1. The number of halogens is 6. The first-order valence-corrected chi connectivity index (χ1v) is 10.8. The molecule has 0 saturated carbocycles. The minimum Gasteiger partial charge on any atom is -0.338 e. The Labute approximate surface area is 207 Å². The van der Waals surface area contributed by atoms with E-state index in [9.17, 15) is 31.1 Å². The molecule has 2 aromatic heterocycles. The largest absolute Gasteiger partial charge is 0.451 e. The molecule has 1 N–H and O–H groups in total. The van der Waals surface area contributed by atoms with Crippen LogP contribution in [0.2, 0.25) is 0 Å². The highest BCUT2D eigenvalue weighted by atomic mass is 19.4. The molecule has 0 radical (unpaired) electrons. The van der Waals surface area contributed by atoms with E-state index < -0.39 is 35.3 Å². The normalized spacial score (nSPS) is 15.5. The fourth-order valence-electron chi connectivity index (χ4n) is 3.59. The van der Waals surface area contributed by atoms with Crippen LogP contribution in [-0.4, -0.2) is 52.1 Å². The molecule has 2 aliphatic rings. The molecule has 37 heavy (non-hydrogen) atoms. The lowest BCUT2D eigenvalue weighted by atomic mass is 9.91. The number of ketones is 1. The smallest absolute Gasteiger partial charge is 0.338 e. The molecule has 2 aromatic rings. The van der Waals surface area contributed by atoms with Crippen molar-refractivity contribution in [3.63, 3.8) is 0 Å². The summed E-state index contributed by atoms with van der Waals surface area (Å²) in [6.45, 7) is 0.377. The molecule has 1 aliphatic carbocycles. The quantitative estimate of drug-likeness (QED) is 0.474. The number of hydrogen-bond donors (Lipinski definition) is 1. The summed E-state index contributed by atoms with van der Waals surface area (Å²) in [7, 11) is 3.57. The predicted molar refractivity (Wildman–Crippen MR) is 122 cm³/mol. The monoisotopic (exact) mass is 520 g/mol. The summed E-state index contributed by atoms with van der Waals surface area (Å²) in [5, 5.41) is 2.59. The van der Waals surface area contributed by atoms with E-state index in [1.165, 1.54) is 18.2 Å². The molecule has 4 rings (SSSR count). The Hall–Kier alpha value is -4.05. The highest BCUT2D eigenvalue weighted by molar-refractivity contribution is 6.13. The molecule has 0 bridgehead atoms. The lowest BCUT2D eigenvalue weighted by Gasteiger charge is -2.19. The minimum atomic E-state index is -4.81. The van der Waals surface area contributed by atoms with Gasteiger partial charge in [-0.2, -0.15) is 26.3 Å². The maximum absolute atomic E-state index is 13.7. The van der Waals surface area contributed by atoms with E-state index in [2.05, 4.69) is 37.1 Å². The summed E-state index contributed by atoms with van der Waals surface area (Å²) in [6, 6.07) is 1.17. The van der Waals surface area contributed by atoms with Crippen molar-refractivity contribution in [1.29, 1.82) is 0 Å². The number of carbonyl (C=O) groups excluding carboxylic acids is 1. The van der Waals surface area contributed by atoms with E-state index in [4.69, 9.17) is 0 Å². The molecule has 3 heterocycles. The summed E-state index contributed by atoms with van der Waals surface area (Å²) in [5.41, 5.74) is -1.28. The van der Waals surface area contributed by atoms with Gasteiger partial charge in [0.1, 0.15) is 5.84 Å². The molecular weight excluding hydrogens is 502 g/mol. The van der Waals surface area contributed by atoms with Crippen molar-refractivity contribution in [2.45, 2.75) is 25.2 Å². The van der Waals surface area contributed by atoms with Crippen LogP contribution in [0, 0.1) is 11.8 Å². The number of fused-ring (bicyclic) bond motifs is 2. The molecule has 13 heteroatoms. The van der Waals surface area contributed by atoms with Gasteiger partial charge in [-0.15, -0.1) is 0 Å². The molecule has 192 valence electrons. The Morgan fingerprint density at radius 2 is 1.84 bits per heavy atom. The van der Waals surface area contributed by atoms with E-state index >= 15 is 0 Å². The Morgan fingerprint density at radius 3 is 2.51 bits per heavy atom. The lowest BCUT2D eigenvalue weighted by molar-refractivity contribution is -0.145. The summed E-state index contributed by atoms with van der Waals surface area (Å²) in [4.78, 5) is 29.1. The minimum absolute atomic E-state index is 0.00378. The second-order valence-electron chi connectivity index (χ2n) is 8.36. The summed E-state index contributed by atoms with van der Waals surface area (Å²) in [6.07, 6.45) is -5.09. The third-order valence-electron chi connectivity index (χ3n) is 5.20. The molecule has 1 aliphatic heterocycles. The summed E-state index contributed by atoms with van der Waals surface area (Å²) >= 11 is 0. The molecular formula is C24H18F6N6O. The number of rotatable bonds is 2. The highest BCUT2D eigenvalue weighted by Gasteiger charge is 2.38. The second-order valence-corrected chi connectivity index (χ2v) is 8.36. The fourth-order valence-corrected chi connectivity index (χ4v) is 3.59. The number of amidine groups is 1. The molecule has 0 atom stereocenters. The Bertz CT molecular complexity index is 1410. The van der Waals surface area contributed by atoms with Crippen LogP contribution in [0.3, 0.4) is 0 Å². The van der Waals surface area contributed by atoms with Gasteiger partial charge < -0.3 is 5.32 Å². The predicted octanol–water partition coefficient (Wildman–Crippen LogP) is 4.13. The molecule has 7 nitrogen and oxygen atoms in total. The van der Waals surface area contributed by atoms with Crippen molar-refractivity contribution >= 4 is 23.0 Å². The number of pyridine rings is 1. The lowest BCUT2D eigenvalue weighted by Crippen LogP contribution is -2.21. The van der Waals surface area contributed by atoms with Gasteiger partial charge in [-0.3, -0.25) is 9.69 Å². The third-order valence-corrected chi connectivity index (χ3v) is 5.20. The summed E-state index contributed by atoms with van der Waals surface area (Å²) in [5.74, 6) is 3.59. The van der Waals surface area contributed by atoms with Gasteiger partial charge in [-0.1, -0.05) is 17.9 Å². The first-order valence-electron chi connectivity index (χ1n) is 10.8. The Kier molecular flexibility index (Phi) is 6.88. The van der Waals surface area contributed by atoms with Crippen LogP contribution in [-0.2, 0) is 23.6 Å². The van der Waals surface area contributed by atoms with Crippen LogP contribution in [0.1, 0.15) is 34.8 Å². The SMILES string of the molecule is CN(C)CC#Cc1cnc(C(F)(F)F)c(NC2=NC3=C(CC=C2)C(=O)Cc2nc(C(F)(F)F)ncc23)c1. The third kappa shape index (κ3) is 5.86. The Balaban J connectivity index is 1.76. The van der Waals surface area contributed by atoms with Gasteiger partial charge in [-0.25, -0.2) is 19.9 Å². The van der Waals surface area contributed by atoms with Crippen molar-refractivity contribution in [2.24, 2.45) is 4.99 Å². The number of anilines is 1. The van der Waals surface area contributed by atoms with Crippen LogP contribution >= 0.6 is 0 Å². The van der Waals surface area contributed by atoms with Crippen molar-refractivity contribution in [2.75, 3.05) is 26.0 Å². The van der Waals surface area contributed by atoms with Crippen molar-refractivity contribution < 1.29 is 31.1 Å². The fraction of sp³-hybridized carbons (Fsp3) is 0.292. The zero-order valence-corrected chi connectivity index (χ0v) is 19.4. The number of Topliss-reactive ketones (excluding diaryl/α,β-unsaturated/α-hetero) is 1. The van der Waals surface area contributed by atoms with E-state index in [0.717, 1.165) is 12.4 Å². The molecule has 0 fully saturated rings. The van der Waals surface area contributed by atoms with Gasteiger partial charge in [0.25, 0.3) is 0 Å². The molecule has 0 aromatic carbocycles. The van der Waals surface area contributed by atoms with Crippen LogP contribution in [0.15, 0.2) is 41.2 Å². The standard InChI is InChI=1S/C24H18F6N6O/c1-36(2)8-4-5-13-9-17(21(31-11-13)23(25,26)27)33-19-7-3-6-14-18(37)10-16-15(20(14)35-19)12-32-22(34-16)24(28,29)30/h3,7,9,11-12H,6,8,10H2,1-2H3,(H,33,35). The zero-order valence-electron chi connectivity index (χ0n) is 19.4. The van der Waals surface area contributed by atoms with Crippen molar-refractivity contribution in [3.8, 4) is 11.8 Å². The van der Waals surface area contributed by atoms with Crippen LogP contribution in [0.5, 0.6) is 0 Å². The van der Waals surface area contributed by atoms with E-state index in [-0.39, 0.29) is 46.8 Å². The van der Waals surface area contributed by atoms with E-state index in [1.54, 1.807) is 19.0 Å². The number of aromatic nitrogens is 3. The van der Waals surface area contributed by atoms with Gasteiger partial charge >= 0.3 is 12.4 Å². The van der Waals surface area contributed by atoms with Gasteiger partial charge in [-0.05, 0) is 32.7 Å². The maximum Gasteiger partial charge on any atom is 0.451 e. The molecule has 0 amide bonds. The van der Waals surface area contributed by atoms with Crippen LogP contribution < -0.4 is 5.32 Å². The number of aliphatic imine (C=N–C) groups is 1. The highest BCUT2D eigenvalue weighted by Crippen LogP contribution is 2.36. The number of nitrogens with zero attached hydrogens (tertiary/aromatic N) is 5. The van der Waals surface area contributed by atoms with Crippen LogP contribution in [0.25, 0.3) is 5.70 Å². The first kappa shape index (κ1) is 26.0. The zero-order chi connectivity index (χ0) is 27.0. The number of carbonyl (C=O) groups is 1. The van der Waals surface area contributed by atoms with E-state index in [0.29, 0.717) is 6.54 Å². The van der Waals surface area contributed by atoms with Crippen LogP contribution in [0.4, 0.5) is 32.0 Å². The topological polar surface area (TPSA) is 83.4 Å². The van der Waals surface area contributed by atoms with Gasteiger partial charge in [0.15, 0.2) is 11.5 Å². The number of hydrogen-bond acceptors (Lipinski definition) is 7. The van der Waals surface area contributed by atoms with Gasteiger partial charge in [0.2, 0.25) is 5.82 Å². The van der Waals surface area contributed by atoms with E-state index in [1.807, 2.05) is 0 Å². The second kappa shape index (κ2) is 9.78. The average Bonchev–Trinajstić information content (AvgIpc) is 3.00. The average molecular weight is 520 g/mol. The first-order chi connectivity index (χ1) is 17.3. The Morgan fingerprint density at radius 1 is 1.08 bits per heavy atom. The summed E-state index contributed by atoms with van der Waals surface area (Å²) < 4.78 is 80.2.